The summed E-state index contributed by atoms with van der Waals surface area (Å²) in [6, 6.07) is 0. The van der Waals surface area contributed by atoms with E-state index in [-0.39, 0.29) is 27.8 Å². The summed E-state index contributed by atoms with van der Waals surface area (Å²) in [5, 5.41) is 6.98. The SMILES string of the molecule is CC(C)(C)NP1NP(NC(C)(C)C)N1. The van der Waals surface area contributed by atoms with E-state index >= 15 is 0 Å². The van der Waals surface area contributed by atoms with Crippen LogP contribution < -0.4 is 19.9 Å². The Hall–Kier alpha value is 0.700. The minimum atomic E-state index is -0.362. The van der Waals surface area contributed by atoms with Crippen LogP contribution in [-0.2, 0) is 0 Å². The normalized spacial score (nSPS) is 28.7. The molecule has 0 radical (unpaired) electrons. The molecule has 1 heterocycles. The van der Waals surface area contributed by atoms with Crippen LogP contribution in [0.5, 0.6) is 0 Å². The smallest absolute Gasteiger partial charge is 0.123 e. The monoisotopic (exact) mass is 236 g/mol. The van der Waals surface area contributed by atoms with E-state index in [0.717, 1.165) is 0 Å². The molecule has 0 spiro atoms. The molecule has 0 bridgehead atoms. The van der Waals surface area contributed by atoms with Crippen LogP contribution in [0.1, 0.15) is 41.5 Å². The molecular weight excluding hydrogens is 214 g/mol. The van der Waals surface area contributed by atoms with Gasteiger partial charge in [0.25, 0.3) is 0 Å². The third-order valence-corrected chi connectivity index (χ3v) is 6.28. The Kier molecular flexibility index (Phi) is 3.91. The van der Waals surface area contributed by atoms with Crippen molar-refractivity contribution in [3.05, 3.63) is 0 Å². The lowest BCUT2D eigenvalue weighted by molar-refractivity contribution is 0.516. The third-order valence-electron chi connectivity index (χ3n) is 1.29. The highest BCUT2D eigenvalue weighted by atomic mass is 31.3. The predicted molar refractivity (Wildman–Crippen MR) is 65.9 cm³/mol. The molecule has 1 saturated heterocycles. The standard InChI is InChI=1S/C8H22N4P2/c1-7(2,3)9-13-11-14(12-13)10-8(4,5)6/h9-12H,1-6H3. The van der Waals surface area contributed by atoms with Gasteiger partial charge in [0, 0.05) is 11.1 Å². The van der Waals surface area contributed by atoms with Gasteiger partial charge in [-0.2, -0.15) is 0 Å². The zero-order valence-corrected chi connectivity index (χ0v) is 11.7. The molecule has 0 aliphatic carbocycles. The van der Waals surface area contributed by atoms with Crippen molar-refractivity contribution in [1.82, 2.24) is 19.9 Å². The van der Waals surface area contributed by atoms with Crippen LogP contribution in [0.2, 0.25) is 0 Å². The minimum Gasteiger partial charge on any atom is -0.266 e. The Bertz CT molecular complexity index is 170. The van der Waals surface area contributed by atoms with Crippen LogP contribution in [0.4, 0.5) is 0 Å². The molecule has 0 aromatic carbocycles. The zero-order chi connectivity index (χ0) is 11.0. The first kappa shape index (κ1) is 12.8. The second kappa shape index (κ2) is 4.29. The van der Waals surface area contributed by atoms with Gasteiger partial charge in [-0.1, -0.05) is 0 Å². The van der Waals surface area contributed by atoms with Crippen LogP contribution in [0, 0.1) is 0 Å². The van der Waals surface area contributed by atoms with Gasteiger partial charge in [0.2, 0.25) is 0 Å². The van der Waals surface area contributed by atoms with E-state index < -0.39 is 0 Å². The summed E-state index contributed by atoms with van der Waals surface area (Å²) in [6.45, 7) is 13.1. The number of hydrogen-bond acceptors (Lipinski definition) is 4. The van der Waals surface area contributed by atoms with E-state index in [1.807, 2.05) is 0 Å². The van der Waals surface area contributed by atoms with Crippen molar-refractivity contribution < 1.29 is 0 Å². The molecule has 0 amide bonds. The highest BCUT2D eigenvalue weighted by Gasteiger charge is 2.32. The number of nitrogens with one attached hydrogen (secondary N) is 4. The van der Waals surface area contributed by atoms with Crippen LogP contribution in [-0.4, -0.2) is 11.1 Å². The van der Waals surface area contributed by atoms with Crippen molar-refractivity contribution in [2.75, 3.05) is 0 Å². The van der Waals surface area contributed by atoms with Gasteiger partial charge in [-0.15, -0.1) is 0 Å². The first-order valence-electron chi connectivity index (χ1n) is 4.84. The Labute approximate surface area is 89.8 Å². The van der Waals surface area contributed by atoms with Crippen molar-refractivity contribution in [2.24, 2.45) is 0 Å². The van der Waals surface area contributed by atoms with Crippen molar-refractivity contribution in [1.29, 1.82) is 0 Å². The molecule has 84 valence electrons. The van der Waals surface area contributed by atoms with Gasteiger partial charge in [-0.25, -0.2) is 9.72 Å². The molecule has 1 fully saturated rings. The van der Waals surface area contributed by atoms with Gasteiger partial charge in [-0.05, 0) is 41.5 Å². The molecule has 0 aromatic rings. The van der Waals surface area contributed by atoms with Gasteiger partial charge >= 0.3 is 0 Å². The van der Waals surface area contributed by atoms with E-state index in [4.69, 9.17) is 0 Å². The van der Waals surface area contributed by atoms with E-state index in [9.17, 15) is 0 Å². The Morgan fingerprint density at radius 1 is 0.714 bits per heavy atom. The van der Waals surface area contributed by atoms with Gasteiger partial charge in [0.15, 0.2) is 0 Å². The topological polar surface area (TPSA) is 48.1 Å². The van der Waals surface area contributed by atoms with Crippen LogP contribution in [0.3, 0.4) is 0 Å². The van der Waals surface area contributed by atoms with Crippen LogP contribution in [0.15, 0.2) is 0 Å². The molecule has 1 aliphatic rings. The minimum absolute atomic E-state index is 0.175. The molecule has 0 atom stereocenters. The fraction of sp³-hybridized carbons (Fsp3) is 1.00. The Morgan fingerprint density at radius 2 is 1.00 bits per heavy atom. The Morgan fingerprint density at radius 3 is 1.21 bits per heavy atom. The molecule has 0 aromatic heterocycles. The van der Waals surface area contributed by atoms with Crippen molar-refractivity contribution in [3.63, 3.8) is 0 Å². The van der Waals surface area contributed by atoms with Crippen molar-refractivity contribution in [3.8, 4) is 0 Å². The Balaban J connectivity index is 2.18. The highest BCUT2D eigenvalue weighted by molar-refractivity contribution is 7.82. The summed E-state index contributed by atoms with van der Waals surface area (Å²) in [5.41, 5.74) is 0.351. The average molecular weight is 236 g/mol. The lowest BCUT2D eigenvalue weighted by atomic mass is 10.1. The average Bonchev–Trinajstić information content (AvgIpc) is 1.75. The van der Waals surface area contributed by atoms with E-state index in [0.29, 0.717) is 0 Å². The lowest BCUT2D eigenvalue weighted by Crippen LogP contribution is -2.49. The van der Waals surface area contributed by atoms with Crippen molar-refractivity contribution >= 4 is 16.7 Å². The van der Waals surface area contributed by atoms with E-state index in [1.165, 1.54) is 0 Å². The summed E-state index contributed by atoms with van der Waals surface area (Å²) in [5.74, 6) is 0. The molecule has 6 heteroatoms. The van der Waals surface area contributed by atoms with Gasteiger partial charge in [-0.3, -0.25) is 10.2 Å². The maximum Gasteiger partial charge on any atom is 0.123 e. The highest BCUT2D eigenvalue weighted by Crippen LogP contribution is 2.51. The fourth-order valence-corrected chi connectivity index (χ4v) is 4.71. The molecule has 0 saturated carbocycles. The quantitative estimate of drug-likeness (QED) is 0.556. The summed E-state index contributed by atoms with van der Waals surface area (Å²) in [4.78, 5) is 6.98. The van der Waals surface area contributed by atoms with Crippen LogP contribution in [0.25, 0.3) is 0 Å². The van der Waals surface area contributed by atoms with Gasteiger partial charge in [0.1, 0.15) is 16.7 Å². The maximum absolute atomic E-state index is 3.49. The molecule has 4 N–H and O–H groups in total. The second-order valence-electron chi connectivity index (χ2n) is 5.59. The second-order valence-corrected chi connectivity index (χ2v) is 8.98. The summed E-state index contributed by atoms with van der Waals surface area (Å²) in [7, 11) is -0.724. The lowest BCUT2D eigenvalue weighted by Gasteiger charge is -2.43. The fourth-order valence-electron chi connectivity index (χ4n) is 0.971. The summed E-state index contributed by atoms with van der Waals surface area (Å²) >= 11 is 0. The molecule has 4 nitrogen and oxygen atoms in total. The van der Waals surface area contributed by atoms with Gasteiger partial charge in [0.05, 0.1) is 0 Å². The largest absolute Gasteiger partial charge is 0.266 e. The summed E-state index contributed by atoms with van der Waals surface area (Å²) < 4.78 is 0. The first-order valence-corrected chi connectivity index (χ1v) is 7.52. The first-order chi connectivity index (χ1) is 6.16. The molecule has 1 aliphatic heterocycles. The maximum atomic E-state index is 3.49. The molecule has 14 heavy (non-hydrogen) atoms. The third kappa shape index (κ3) is 4.97. The molecule has 0 unspecified atom stereocenters. The van der Waals surface area contributed by atoms with E-state index in [1.54, 1.807) is 0 Å². The molecule has 1 rings (SSSR count). The van der Waals surface area contributed by atoms with Crippen molar-refractivity contribution in [2.45, 2.75) is 52.6 Å². The number of rotatable bonds is 2. The zero-order valence-electron chi connectivity index (χ0n) is 9.89. The van der Waals surface area contributed by atoms with Crippen LogP contribution >= 0.6 is 16.7 Å². The molecular formula is C8H22N4P2. The predicted octanol–water partition coefficient (Wildman–Crippen LogP) is 2.41. The number of hydrogen-bond donors (Lipinski definition) is 4. The van der Waals surface area contributed by atoms with Gasteiger partial charge < -0.3 is 0 Å². The summed E-state index contributed by atoms with van der Waals surface area (Å²) in [6.07, 6.45) is 0. The van der Waals surface area contributed by atoms with E-state index in [2.05, 4.69) is 61.4 Å².